The molecular formula is C28H27F3N8O3. The van der Waals surface area contributed by atoms with Crippen LogP contribution >= 0.6 is 0 Å². The summed E-state index contributed by atoms with van der Waals surface area (Å²) in [6, 6.07) is 17.7. The Morgan fingerprint density at radius 2 is 1.79 bits per heavy atom. The summed E-state index contributed by atoms with van der Waals surface area (Å²) in [5.74, 6) is -0.0455. The number of hydrogen-bond donors (Lipinski definition) is 3. The van der Waals surface area contributed by atoms with Gasteiger partial charge >= 0.3 is 12.2 Å². The van der Waals surface area contributed by atoms with E-state index >= 15 is 0 Å². The predicted octanol–water partition coefficient (Wildman–Crippen LogP) is 5.89. The normalized spacial score (nSPS) is 11.4. The molecule has 3 N–H and O–H groups in total. The van der Waals surface area contributed by atoms with Gasteiger partial charge in [0.25, 0.3) is 6.47 Å². The number of benzene rings is 2. The van der Waals surface area contributed by atoms with Crippen molar-refractivity contribution in [3.63, 3.8) is 0 Å². The van der Waals surface area contributed by atoms with E-state index in [1.54, 1.807) is 16.8 Å². The van der Waals surface area contributed by atoms with Crippen LogP contribution in [-0.4, -0.2) is 48.3 Å². The number of urea groups is 1. The molecule has 3 aromatic heterocycles. The monoisotopic (exact) mass is 580 g/mol. The number of hydrogen-bond acceptors (Lipinski definition) is 7. The zero-order chi connectivity index (χ0) is 30.3. The lowest BCUT2D eigenvalue weighted by Gasteiger charge is -2.14. The second kappa shape index (κ2) is 12.5. The molecule has 0 bridgehead atoms. The quantitative estimate of drug-likeness (QED) is 0.213. The van der Waals surface area contributed by atoms with E-state index in [2.05, 4.69) is 40.9 Å². The van der Waals surface area contributed by atoms with Crippen molar-refractivity contribution in [1.82, 2.24) is 30.2 Å². The Bertz CT molecular complexity index is 1660. The van der Waals surface area contributed by atoms with Crippen molar-refractivity contribution in [3.8, 4) is 11.3 Å². The number of aromatic nitrogens is 6. The van der Waals surface area contributed by atoms with Crippen molar-refractivity contribution >= 4 is 35.0 Å². The molecule has 5 rings (SSSR count). The first-order chi connectivity index (χ1) is 19.9. The third kappa shape index (κ3) is 8.13. The number of pyridine rings is 1. The number of fused-ring (bicyclic) bond motifs is 1. The Kier molecular flexibility index (Phi) is 8.84. The lowest BCUT2D eigenvalue weighted by Crippen LogP contribution is -2.21. The van der Waals surface area contributed by atoms with Crippen LogP contribution in [0.3, 0.4) is 0 Å². The number of H-pyrrole nitrogens is 1. The van der Waals surface area contributed by atoms with Gasteiger partial charge in [-0.3, -0.25) is 20.5 Å². The number of carbonyl (C=O) groups excluding carboxylic acids is 2. The van der Waals surface area contributed by atoms with Crippen LogP contribution in [0.25, 0.3) is 22.2 Å². The summed E-state index contributed by atoms with van der Waals surface area (Å²) in [4.78, 5) is 25.4. The molecule has 0 saturated heterocycles. The summed E-state index contributed by atoms with van der Waals surface area (Å²) >= 11 is 0. The lowest BCUT2D eigenvalue weighted by atomic mass is 10.1. The van der Waals surface area contributed by atoms with Crippen molar-refractivity contribution < 1.29 is 27.5 Å². The van der Waals surface area contributed by atoms with E-state index in [1.165, 1.54) is 6.07 Å². The van der Waals surface area contributed by atoms with Crippen molar-refractivity contribution in [2.45, 2.75) is 39.1 Å². The van der Waals surface area contributed by atoms with Crippen LogP contribution in [0.1, 0.15) is 32.0 Å². The molecule has 2 amide bonds. The number of alkyl halides is 3. The average molecular weight is 581 g/mol. The number of halogens is 3. The molecule has 0 aliphatic rings. The smallest absolute Gasteiger partial charge is 0.433 e. The standard InChI is InChI=1S/C23H17F3N8O.C5H10O2/c24-23(25,26)19-7-4-8-20(27-19)28-22(35)29-21-16-11-15(9-10-17(16)30-32-21)18-13-34(33-31-18)12-14-5-2-1-3-6-14;1-5(2,3)7-4-6/h1-11,13H,12H2,(H3,27,28,29,30,32,35);4H,1-3H3. The van der Waals surface area contributed by atoms with E-state index in [9.17, 15) is 22.8 Å². The molecule has 2 aromatic carbocycles. The number of anilines is 2. The summed E-state index contributed by atoms with van der Waals surface area (Å²) in [6.45, 7) is 6.49. The van der Waals surface area contributed by atoms with Gasteiger partial charge in [0.2, 0.25) is 0 Å². The Morgan fingerprint density at radius 1 is 1.02 bits per heavy atom. The highest BCUT2D eigenvalue weighted by molar-refractivity contribution is 6.04. The molecular weight excluding hydrogens is 553 g/mol. The largest absolute Gasteiger partial charge is 0.462 e. The van der Waals surface area contributed by atoms with Crippen LogP contribution in [0.4, 0.5) is 29.6 Å². The third-order valence-corrected chi connectivity index (χ3v) is 5.50. The van der Waals surface area contributed by atoms with Crippen molar-refractivity contribution in [2.24, 2.45) is 0 Å². The molecule has 0 atom stereocenters. The zero-order valence-corrected chi connectivity index (χ0v) is 22.8. The molecule has 0 aliphatic carbocycles. The summed E-state index contributed by atoms with van der Waals surface area (Å²) < 4.78 is 44.8. The molecule has 0 spiro atoms. The zero-order valence-electron chi connectivity index (χ0n) is 22.8. The van der Waals surface area contributed by atoms with Crippen LogP contribution in [0.15, 0.2) is 72.9 Å². The number of rotatable bonds is 6. The van der Waals surface area contributed by atoms with Crippen molar-refractivity contribution in [3.05, 3.63) is 84.2 Å². The third-order valence-electron chi connectivity index (χ3n) is 5.50. The minimum absolute atomic E-state index is 0.197. The van der Waals surface area contributed by atoms with E-state index in [-0.39, 0.29) is 17.2 Å². The van der Waals surface area contributed by atoms with Crippen LogP contribution in [-0.2, 0) is 22.3 Å². The number of amides is 2. The van der Waals surface area contributed by atoms with Crippen LogP contribution in [0, 0.1) is 0 Å². The molecule has 0 radical (unpaired) electrons. The number of aromatic amines is 1. The first kappa shape index (κ1) is 29.7. The van der Waals surface area contributed by atoms with Gasteiger partial charge in [-0.25, -0.2) is 14.5 Å². The van der Waals surface area contributed by atoms with Crippen LogP contribution in [0.5, 0.6) is 0 Å². The molecule has 0 unspecified atom stereocenters. The van der Waals surface area contributed by atoms with E-state index in [0.29, 0.717) is 29.6 Å². The first-order valence-electron chi connectivity index (χ1n) is 12.6. The fourth-order valence-electron chi connectivity index (χ4n) is 3.61. The Labute approximate surface area is 238 Å². The molecule has 0 saturated carbocycles. The molecule has 14 heteroatoms. The second-order valence-electron chi connectivity index (χ2n) is 9.93. The lowest BCUT2D eigenvalue weighted by molar-refractivity contribution is -0.141. The first-order valence-corrected chi connectivity index (χ1v) is 12.6. The van der Waals surface area contributed by atoms with Crippen LogP contribution < -0.4 is 10.6 Å². The average Bonchev–Trinajstić information content (AvgIpc) is 3.55. The van der Waals surface area contributed by atoms with Gasteiger partial charge in [-0.2, -0.15) is 18.3 Å². The van der Waals surface area contributed by atoms with E-state index < -0.39 is 17.9 Å². The Balaban J connectivity index is 0.000000517. The highest BCUT2D eigenvalue weighted by Gasteiger charge is 2.32. The molecule has 5 aromatic rings. The summed E-state index contributed by atoms with van der Waals surface area (Å²) in [5, 5.41) is 20.7. The molecule has 0 aliphatic heterocycles. The summed E-state index contributed by atoms with van der Waals surface area (Å²) in [5.41, 5.74) is 1.70. The Hall–Kier alpha value is -5.27. The predicted molar refractivity (Wildman–Crippen MR) is 149 cm³/mol. The molecule has 11 nitrogen and oxygen atoms in total. The number of carbonyl (C=O) groups is 2. The highest BCUT2D eigenvalue weighted by Crippen LogP contribution is 2.29. The van der Waals surface area contributed by atoms with Gasteiger partial charge in [0.1, 0.15) is 22.8 Å². The van der Waals surface area contributed by atoms with Gasteiger partial charge < -0.3 is 4.74 Å². The summed E-state index contributed by atoms with van der Waals surface area (Å²) in [6.07, 6.45) is -2.81. The van der Waals surface area contributed by atoms with Gasteiger partial charge in [-0.15, -0.1) is 5.10 Å². The SMILES string of the molecule is CC(C)(C)OC=O.O=C(Nc1cccc(C(F)(F)F)n1)Nc1n[nH]c2ccc(-c3cn(Cc4ccccc4)nn3)cc12. The number of ether oxygens (including phenoxy) is 1. The van der Waals surface area contributed by atoms with Gasteiger partial charge in [0, 0.05) is 10.9 Å². The molecule has 0 fully saturated rings. The van der Waals surface area contributed by atoms with E-state index in [1.807, 2.05) is 63.4 Å². The topological polar surface area (TPSA) is 140 Å². The molecule has 218 valence electrons. The minimum atomic E-state index is -4.62. The van der Waals surface area contributed by atoms with Crippen LogP contribution in [0.2, 0.25) is 0 Å². The maximum absolute atomic E-state index is 12.9. The fraction of sp³-hybridized carbons (Fsp3) is 0.214. The summed E-state index contributed by atoms with van der Waals surface area (Å²) in [7, 11) is 0. The second-order valence-corrected chi connectivity index (χ2v) is 9.93. The Morgan fingerprint density at radius 3 is 2.45 bits per heavy atom. The molecule has 3 heterocycles. The van der Waals surface area contributed by atoms with Gasteiger partial charge in [0.05, 0.1) is 18.3 Å². The maximum atomic E-state index is 12.9. The number of nitrogens with zero attached hydrogens (tertiary/aromatic N) is 5. The highest BCUT2D eigenvalue weighted by atomic mass is 19.4. The fourth-order valence-corrected chi connectivity index (χ4v) is 3.61. The maximum Gasteiger partial charge on any atom is 0.433 e. The van der Waals surface area contributed by atoms with Gasteiger partial charge in [0.15, 0.2) is 5.82 Å². The van der Waals surface area contributed by atoms with Gasteiger partial charge in [-0.05, 0) is 50.6 Å². The number of nitrogens with one attached hydrogen (secondary N) is 3. The minimum Gasteiger partial charge on any atom is -0.462 e. The molecule has 42 heavy (non-hydrogen) atoms. The van der Waals surface area contributed by atoms with E-state index in [4.69, 9.17) is 0 Å². The van der Waals surface area contributed by atoms with E-state index in [0.717, 1.165) is 23.3 Å². The van der Waals surface area contributed by atoms with Crippen molar-refractivity contribution in [1.29, 1.82) is 0 Å². The van der Waals surface area contributed by atoms with Gasteiger partial charge in [-0.1, -0.05) is 47.7 Å². The van der Waals surface area contributed by atoms with Crippen molar-refractivity contribution in [2.75, 3.05) is 10.6 Å².